The van der Waals surface area contributed by atoms with E-state index in [1.165, 1.54) is 28.1 Å². The number of hydrogen-bond acceptors (Lipinski definition) is 13. The Labute approximate surface area is 212 Å². The second-order valence-electron chi connectivity index (χ2n) is 8.66. The Morgan fingerprint density at radius 2 is 1.11 bits per heavy atom. The molecule has 4 rings (SSSR count). The highest BCUT2D eigenvalue weighted by atomic mass is 16.6. The molecule has 0 aromatic carbocycles. The molecular weight excluding hydrogens is 504 g/mol. The monoisotopic (exact) mass is 538 g/mol. The van der Waals surface area contributed by atoms with Gasteiger partial charge in [-0.3, -0.25) is 24.0 Å². The standard InChI is InChI=1S/2C10H14O6.C2H4O2.H2O/c1-4(11)15-9-6-3-5(10(13)14-2)8(16-6)7(9)12;1-4(11)15-9-7(12)6-3-5(8(9)16-6)10(13)14-2;1-2(3)4;/h2*5-9,12H,3H2,1-2H3;1H3,(H,3,4);1H2/t5?,6?,7-,8+,9?;5?,6?,7?,8-,9-;;/m10../s1. The van der Waals surface area contributed by atoms with Crippen LogP contribution in [0, 0.1) is 11.8 Å². The number of carbonyl (C=O) groups excluding carboxylic acids is 4. The Bertz CT molecular complexity index is 838. The average molecular weight is 538 g/mol. The largest absolute Gasteiger partial charge is 0.481 e. The molecule has 212 valence electrons. The van der Waals surface area contributed by atoms with Crippen LogP contribution >= 0.6 is 0 Å². The van der Waals surface area contributed by atoms with Crippen molar-refractivity contribution in [2.75, 3.05) is 14.2 Å². The Morgan fingerprint density at radius 3 is 1.51 bits per heavy atom. The van der Waals surface area contributed by atoms with Crippen molar-refractivity contribution in [2.45, 2.75) is 82.4 Å². The minimum absolute atomic E-state index is 0. The summed E-state index contributed by atoms with van der Waals surface area (Å²) in [5.41, 5.74) is 0. The molecule has 5 N–H and O–H groups in total. The van der Waals surface area contributed by atoms with Crippen LogP contribution in [-0.2, 0) is 52.4 Å². The Hall–Kier alpha value is -2.85. The van der Waals surface area contributed by atoms with Gasteiger partial charge in [-0.05, 0) is 12.8 Å². The van der Waals surface area contributed by atoms with Gasteiger partial charge in [0.15, 0.2) is 12.2 Å². The number of rotatable bonds is 4. The zero-order valence-electron chi connectivity index (χ0n) is 21.0. The maximum atomic E-state index is 11.4. The zero-order chi connectivity index (χ0) is 27.3. The number of ether oxygens (including phenoxy) is 6. The first-order valence-corrected chi connectivity index (χ1v) is 11.2. The summed E-state index contributed by atoms with van der Waals surface area (Å²) in [5, 5.41) is 27.0. The van der Waals surface area contributed by atoms with Crippen LogP contribution in [0.4, 0.5) is 0 Å². The van der Waals surface area contributed by atoms with Crippen molar-refractivity contribution in [3.05, 3.63) is 0 Å². The topological polar surface area (TPSA) is 233 Å². The van der Waals surface area contributed by atoms with Gasteiger partial charge in [0.05, 0.1) is 38.3 Å². The molecule has 15 heteroatoms. The number of esters is 4. The first kappa shape index (κ1) is 32.2. The quantitative estimate of drug-likeness (QED) is 0.253. The summed E-state index contributed by atoms with van der Waals surface area (Å²) < 4.78 is 30.0. The lowest BCUT2D eigenvalue weighted by molar-refractivity contribution is -0.161. The number of methoxy groups -OCH3 is 2. The summed E-state index contributed by atoms with van der Waals surface area (Å²) >= 11 is 0. The molecular formula is C22H34O15. The number of carboxylic acids is 1. The molecule has 6 unspecified atom stereocenters. The Kier molecular flexibility index (Phi) is 11.8. The molecule has 4 saturated heterocycles. The van der Waals surface area contributed by atoms with Gasteiger partial charge >= 0.3 is 23.9 Å². The summed E-state index contributed by atoms with van der Waals surface area (Å²) in [7, 11) is 2.59. The summed E-state index contributed by atoms with van der Waals surface area (Å²) in [5.74, 6) is -3.50. The third kappa shape index (κ3) is 7.58. The van der Waals surface area contributed by atoms with Gasteiger partial charge in [-0.25, -0.2) is 0 Å². The number of aliphatic hydroxyl groups is 2. The van der Waals surface area contributed by atoms with Gasteiger partial charge in [0.1, 0.15) is 24.4 Å². The van der Waals surface area contributed by atoms with Gasteiger partial charge in [-0.1, -0.05) is 0 Å². The molecule has 0 amide bonds. The zero-order valence-corrected chi connectivity index (χ0v) is 21.0. The fourth-order valence-electron chi connectivity index (χ4n) is 4.77. The molecule has 4 bridgehead atoms. The van der Waals surface area contributed by atoms with E-state index in [0.29, 0.717) is 12.8 Å². The predicted molar refractivity (Wildman–Crippen MR) is 118 cm³/mol. The molecule has 10 atom stereocenters. The molecule has 0 aromatic rings. The third-order valence-electron chi connectivity index (χ3n) is 6.12. The molecule has 0 radical (unpaired) electrons. The predicted octanol–water partition coefficient (Wildman–Crippen LogP) is -2.26. The van der Waals surface area contributed by atoms with Crippen LogP contribution in [0.3, 0.4) is 0 Å². The molecule has 37 heavy (non-hydrogen) atoms. The number of carboxylic acid groups (broad SMARTS) is 1. The van der Waals surface area contributed by atoms with Crippen LogP contribution in [0.25, 0.3) is 0 Å². The second kappa shape index (κ2) is 13.6. The van der Waals surface area contributed by atoms with Crippen LogP contribution in [0.15, 0.2) is 0 Å². The van der Waals surface area contributed by atoms with Gasteiger partial charge in [-0.2, -0.15) is 0 Å². The van der Waals surface area contributed by atoms with E-state index in [1.54, 1.807) is 0 Å². The van der Waals surface area contributed by atoms with Crippen molar-refractivity contribution < 1.29 is 73.2 Å². The van der Waals surface area contributed by atoms with Crippen LogP contribution in [0.5, 0.6) is 0 Å². The van der Waals surface area contributed by atoms with E-state index in [4.69, 9.17) is 28.8 Å². The first-order chi connectivity index (χ1) is 16.8. The van der Waals surface area contributed by atoms with E-state index in [2.05, 4.69) is 9.47 Å². The third-order valence-corrected chi connectivity index (χ3v) is 6.12. The maximum absolute atomic E-state index is 11.4. The number of hydrogen-bond donors (Lipinski definition) is 3. The van der Waals surface area contributed by atoms with E-state index in [9.17, 15) is 29.4 Å². The van der Waals surface area contributed by atoms with E-state index in [1.807, 2.05) is 0 Å². The van der Waals surface area contributed by atoms with E-state index in [-0.39, 0.29) is 5.48 Å². The lowest BCUT2D eigenvalue weighted by Crippen LogP contribution is -2.46. The van der Waals surface area contributed by atoms with Crippen LogP contribution in [0.2, 0.25) is 0 Å². The molecule has 0 aromatic heterocycles. The number of carbonyl (C=O) groups is 5. The Morgan fingerprint density at radius 1 is 0.703 bits per heavy atom. The van der Waals surface area contributed by atoms with E-state index >= 15 is 0 Å². The Balaban J connectivity index is 0.000000316. The first-order valence-electron chi connectivity index (χ1n) is 11.2. The number of aliphatic hydroxyl groups excluding tert-OH is 2. The molecule has 0 aliphatic carbocycles. The van der Waals surface area contributed by atoms with Gasteiger partial charge in [0.25, 0.3) is 5.97 Å². The van der Waals surface area contributed by atoms with Crippen molar-refractivity contribution in [1.82, 2.24) is 0 Å². The molecule has 4 fully saturated rings. The van der Waals surface area contributed by atoms with Gasteiger partial charge in [0, 0.05) is 20.8 Å². The van der Waals surface area contributed by atoms with Crippen molar-refractivity contribution in [1.29, 1.82) is 0 Å². The van der Waals surface area contributed by atoms with Gasteiger partial charge in [0.2, 0.25) is 0 Å². The molecule has 4 aliphatic rings. The number of fused-ring (bicyclic) bond motifs is 4. The molecule has 0 spiro atoms. The van der Waals surface area contributed by atoms with E-state index in [0.717, 1.165) is 6.92 Å². The lowest BCUT2D eigenvalue weighted by atomic mass is 9.85. The molecule has 0 saturated carbocycles. The molecule has 15 nitrogen and oxygen atoms in total. The van der Waals surface area contributed by atoms with Gasteiger partial charge in [-0.15, -0.1) is 0 Å². The highest BCUT2D eigenvalue weighted by Gasteiger charge is 2.59. The lowest BCUT2D eigenvalue weighted by Gasteiger charge is -2.27. The average Bonchev–Trinajstić information content (AvgIpc) is 3.55. The second-order valence-corrected chi connectivity index (χ2v) is 8.66. The number of aliphatic carboxylic acids is 1. The normalized spacial score (nSPS) is 36.0. The fraction of sp³-hybridized carbons (Fsp3) is 0.773. The summed E-state index contributed by atoms with van der Waals surface area (Å²) in [6.07, 6.45) is -4.46. The summed E-state index contributed by atoms with van der Waals surface area (Å²) in [6.45, 7) is 3.61. The molecule has 4 aliphatic heterocycles. The highest BCUT2D eigenvalue weighted by Crippen LogP contribution is 2.42. The van der Waals surface area contributed by atoms with Crippen molar-refractivity contribution >= 4 is 29.8 Å². The van der Waals surface area contributed by atoms with Crippen molar-refractivity contribution in [3.63, 3.8) is 0 Å². The SMILES string of the molecule is CC(=O)O.COC(=O)C1CC2O[C@@H]1[C@@H](O)C2OC(C)=O.COC(=O)C1CC2O[C@@H]1[C@@H](OC(C)=O)C2O.O. The maximum Gasteiger partial charge on any atom is 0.311 e. The van der Waals surface area contributed by atoms with Crippen molar-refractivity contribution in [2.24, 2.45) is 11.8 Å². The van der Waals surface area contributed by atoms with E-state index < -0.39 is 90.5 Å². The minimum atomic E-state index is -0.952. The smallest absolute Gasteiger partial charge is 0.311 e. The highest BCUT2D eigenvalue weighted by molar-refractivity contribution is 5.75. The summed E-state index contributed by atoms with van der Waals surface area (Å²) in [4.78, 5) is 53.5. The van der Waals surface area contributed by atoms with Crippen LogP contribution in [-0.4, -0.2) is 114 Å². The van der Waals surface area contributed by atoms with Crippen LogP contribution in [0.1, 0.15) is 33.6 Å². The van der Waals surface area contributed by atoms with Crippen LogP contribution < -0.4 is 0 Å². The molecule has 4 heterocycles. The fourth-order valence-corrected chi connectivity index (χ4v) is 4.77. The summed E-state index contributed by atoms with van der Waals surface area (Å²) in [6, 6.07) is 0. The van der Waals surface area contributed by atoms with Gasteiger partial charge < -0.3 is 49.2 Å². The van der Waals surface area contributed by atoms with Crippen molar-refractivity contribution in [3.8, 4) is 0 Å². The minimum Gasteiger partial charge on any atom is -0.481 e.